The van der Waals surface area contributed by atoms with E-state index in [0.717, 1.165) is 47.3 Å². The molecular weight excluding hydrogens is 1090 g/mol. The van der Waals surface area contributed by atoms with Crippen LogP contribution in [-0.4, -0.2) is 105 Å². The van der Waals surface area contributed by atoms with Gasteiger partial charge in [0.2, 0.25) is 5.91 Å². The largest absolute Gasteiger partial charge is 0.480 e. The third-order valence-electron chi connectivity index (χ3n) is 12.7. The highest BCUT2D eigenvalue weighted by atomic mass is 35.5. The number of carbonyl (C=O) groups is 6. The van der Waals surface area contributed by atoms with Crippen LogP contribution in [0.1, 0.15) is 133 Å². The summed E-state index contributed by atoms with van der Waals surface area (Å²) >= 11 is 26.1. The van der Waals surface area contributed by atoms with Crippen molar-refractivity contribution >= 4 is 139 Å². The fourth-order valence-corrected chi connectivity index (χ4v) is 11.1. The summed E-state index contributed by atoms with van der Waals surface area (Å²) in [5, 5.41) is 25.3. The monoisotopic (exact) mass is 1160 g/mol. The summed E-state index contributed by atoms with van der Waals surface area (Å²) in [7, 11) is 0. The molecule has 0 unspecified atom stereocenters. The number of thiocarbonyl (C=S) groups is 4. The molecule has 21 heteroatoms. The van der Waals surface area contributed by atoms with Gasteiger partial charge in [-0.3, -0.25) is 29.0 Å². The van der Waals surface area contributed by atoms with E-state index in [1.54, 1.807) is 53.4 Å². The van der Waals surface area contributed by atoms with E-state index >= 15 is 0 Å². The van der Waals surface area contributed by atoms with E-state index in [2.05, 4.69) is 24.4 Å². The van der Waals surface area contributed by atoms with Gasteiger partial charge in [0.25, 0.3) is 5.91 Å². The van der Waals surface area contributed by atoms with Crippen molar-refractivity contribution in [2.45, 2.75) is 96.3 Å². The van der Waals surface area contributed by atoms with Crippen LogP contribution in [0.5, 0.6) is 0 Å². The maximum absolute atomic E-state index is 12.8. The van der Waals surface area contributed by atoms with E-state index in [-0.39, 0.29) is 34.6 Å². The second kappa shape index (κ2) is 34.0. The van der Waals surface area contributed by atoms with Gasteiger partial charge in [-0.1, -0.05) is 130 Å². The lowest BCUT2D eigenvalue weighted by molar-refractivity contribution is -0.134. The molecule has 3 aliphatic carbocycles. The Bertz CT molecular complexity index is 2580. The molecule has 0 spiro atoms. The van der Waals surface area contributed by atoms with Crippen LogP contribution in [-0.2, 0) is 14.4 Å². The van der Waals surface area contributed by atoms with Crippen LogP contribution in [0.4, 0.5) is 0 Å². The second-order valence-electron chi connectivity index (χ2n) is 18.0. The zero-order chi connectivity index (χ0) is 54.7. The number of benzene rings is 2. The lowest BCUT2D eigenvalue weighted by Gasteiger charge is -2.26. The van der Waals surface area contributed by atoms with Gasteiger partial charge in [-0.2, -0.15) is 0 Å². The van der Waals surface area contributed by atoms with Gasteiger partial charge < -0.3 is 29.9 Å². The molecule has 2 aromatic heterocycles. The predicted octanol–water partition coefficient (Wildman–Crippen LogP) is 13.2. The highest BCUT2D eigenvalue weighted by Gasteiger charge is 2.34. The average Bonchev–Trinajstić information content (AvgIpc) is 4.24. The predicted molar refractivity (Wildman–Crippen MR) is 312 cm³/mol. The Balaban J connectivity index is 0.000000224. The van der Waals surface area contributed by atoms with Gasteiger partial charge in [-0.05, 0) is 136 Å². The SMILES string of the molecule is NCC1CCCCC1.O=C(O)CCl.O=C(O)c1ccc(-c2ccc(/C=C3\SC(=S)N(CC4CCCCC4)C3=O)o2)cc1.O=C1CSC(=S)N1CC1CCCCC1.O=Cc1ccc(-c2ccc(C(=O)O)cc2)o1.S=C=S. The number of carbonyl (C=O) groups excluding carboxylic acids is 3. The second-order valence-corrected chi connectivity index (χ2v) is 22.2. The van der Waals surface area contributed by atoms with Crippen molar-refractivity contribution in [2.24, 2.45) is 23.5 Å². The molecule has 2 saturated heterocycles. The smallest absolute Gasteiger partial charge is 0.335 e. The zero-order valence-electron chi connectivity index (χ0n) is 41.4. The number of amides is 2. The molecule has 5 aliphatic rings. The van der Waals surface area contributed by atoms with Crippen LogP contribution < -0.4 is 5.73 Å². The number of carboxylic acids is 3. The molecule has 2 amide bonds. The first-order valence-electron chi connectivity index (χ1n) is 24.6. The molecule has 3 saturated carbocycles. The quantitative estimate of drug-likeness (QED) is 0.0448. The van der Waals surface area contributed by atoms with Crippen molar-refractivity contribution < 1.29 is 52.9 Å². The molecule has 2 aliphatic heterocycles. The molecule has 0 bridgehead atoms. The van der Waals surface area contributed by atoms with Crippen LogP contribution in [0.25, 0.3) is 28.7 Å². The maximum Gasteiger partial charge on any atom is 0.335 e. The summed E-state index contributed by atoms with van der Waals surface area (Å²) in [6, 6.07) is 19.6. The molecule has 14 nitrogen and oxygen atoms in total. The molecule has 0 radical (unpaired) electrons. The maximum atomic E-state index is 12.8. The van der Waals surface area contributed by atoms with E-state index in [0.29, 0.717) is 56.9 Å². The van der Waals surface area contributed by atoms with Gasteiger partial charge >= 0.3 is 17.9 Å². The fourth-order valence-electron chi connectivity index (χ4n) is 8.73. The minimum absolute atomic E-state index is 0.0469. The summed E-state index contributed by atoms with van der Waals surface area (Å²) in [5.74, 6) is 1.58. The number of carboxylic acid groups (broad SMARTS) is 3. The fraction of sp³-hybridized carbons (Fsp3) is 0.426. The molecule has 2 aromatic carbocycles. The molecule has 4 heterocycles. The highest BCUT2D eigenvalue weighted by molar-refractivity contribution is 8.26. The van der Waals surface area contributed by atoms with Gasteiger partial charge in [0, 0.05) is 34.6 Å². The van der Waals surface area contributed by atoms with E-state index in [4.69, 9.17) is 65.9 Å². The standard InChI is InChI=1S/C22H21NO4S2.C12H8O4.C10H15NOS2.C7H15N.C2H3ClO2.CS2/c24-20-19(29-22(28)23(20)13-14-4-2-1-3-5-14)12-17-10-11-18(27-17)15-6-8-16(9-7-15)21(25)26;13-7-10-5-6-11(16-10)8-1-3-9(4-2-8)12(14)15;12-9-7-14-10(13)11(9)6-8-4-2-1-3-5-8;8-6-7-4-2-1-3-5-7;3-1-2(4)5;2-1-3/h6-12,14H,1-5,13H2,(H,25,26);1-7H,(H,14,15);8H,1-7H2;7H,1-6,8H2;1H2,(H,4,5);/b19-12-;;;;;. The van der Waals surface area contributed by atoms with Crippen LogP contribution in [0.15, 0.2) is 86.5 Å². The molecule has 5 fully saturated rings. The third kappa shape index (κ3) is 21.6. The molecular formula is C54H62ClN3O11S6. The first-order chi connectivity index (χ1) is 36.1. The number of rotatable bonds is 12. The Morgan fingerprint density at radius 1 is 0.653 bits per heavy atom. The molecule has 75 heavy (non-hydrogen) atoms. The topological polar surface area (TPSA) is 222 Å². The normalized spacial score (nSPS) is 17.3. The minimum atomic E-state index is -0.980. The number of thioether (sulfide) groups is 2. The number of furan rings is 2. The van der Waals surface area contributed by atoms with E-state index < -0.39 is 17.9 Å². The van der Waals surface area contributed by atoms with Gasteiger partial charge in [0.1, 0.15) is 31.8 Å². The van der Waals surface area contributed by atoms with Crippen LogP contribution >= 0.6 is 84.0 Å². The lowest BCUT2D eigenvalue weighted by atomic mass is 9.89. The summed E-state index contributed by atoms with van der Waals surface area (Å²) in [6.45, 7) is 2.51. The third-order valence-corrected chi connectivity index (χ3v) is 15.7. The number of alkyl halides is 1. The first-order valence-corrected chi connectivity index (χ1v) is 28.6. The number of hydrogen-bond donors (Lipinski definition) is 4. The number of nitrogens with zero attached hydrogens (tertiary/aromatic N) is 2. The van der Waals surface area contributed by atoms with Gasteiger partial charge in [0.15, 0.2) is 12.0 Å². The number of aliphatic carboxylic acids is 1. The Kier molecular flexibility index (Phi) is 28.4. The Morgan fingerprint density at radius 3 is 1.43 bits per heavy atom. The van der Waals surface area contributed by atoms with Crippen molar-refractivity contribution in [1.29, 1.82) is 0 Å². The van der Waals surface area contributed by atoms with Crippen molar-refractivity contribution in [3.63, 3.8) is 0 Å². The van der Waals surface area contributed by atoms with Crippen molar-refractivity contribution in [3.05, 3.63) is 100 Å². The Labute approximate surface area is 472 Å². The molecule has 5 N–H and O–H groups in total. The molecule has 402 valence electrons. The van der Waals surface area contributed by atoms with Crippen molar-refractivity contribution in [1.82, 2.24) is 9.80 Å². The summed E-state index contributed by atoms with van der Waals surface area (Å²) in [4.78, 5) is 69.7. The molecule has 4 aromatic rings. The van der Waals surface area contributed by atoms with Gasteiger partial charge in [-0.15, -0.1) is 11.6 Å². The Hall–Kier alpha value is -4.89. The van der Waals surface area contributed by atoms with Crippen LogP contribution in [0.3, 0.4) is 0 Å². The number of halogens is 1. The Morgan fingerprint density at radius 2 is 1.07 bits per heavy atom. The van der Waals surface area contributed by atoms with Gasteiger partial charge in [0.05, 0.1) is 21.8 Å². The average molecular weight is 1160 g/mol. The number of nitrogens with two attached hydrogens (primary N) is 1. The van der Waals surface area contributed by atoms with Crippen LogP contribution in [0, 0.1) is 17.8 Å². The van der Waals surface area contributed by atoms with E-state index in [9.17, 15) is 28.8 Å². The zero-order valence-corrected chi connectivity index (χ0v) is 47.0. The highest BCUT2D eigenvalue weighted by Crippen LogP contribution is 2.36. The van der Waals surface area contributed by atoms with Crippen molar-refractivity contribution in [2.75, 3.05) is 31.3 Å². The minimum Gasteiger partial charge on any atom is -0.480 e. The number of hydrogen-bond acceptors (Lipinski definition) is 15. The summed E-state index contributed by atoms with van der Waals surface area (Å²) in [5.41, 5.74) is 7.45. The van der Waals surface area contributed by atoms with E-state index in [1.807, 2.05) is 15.3 Å². The number of aldehydes is 1. The number of aromatic carboxylic acids is 2. The molecule has 9 rings (SSSR count). The lowest BCUT2D eigenvalue weighted by Crippen LogP contribution is -2.34. The van der Waals surface area contributed by atoms with Crippen LogP contribution in [0.2, 0.25) is 0 Å². The summed E-state index contributed by atoms with van der Waals surface area (Å²) in [6.07, 6.45) is 22.1. The molecule has 0 atom stereocenters. The van der Waals surface area contributed by atoms with Crippen molar-refractivity contribution in [3.8, 4) is 22.6 Å². The first kappa shape index (κ1) is 62.6. The van der Waals surface area contributed by atoms with E-state index in [1.165, 1.54) is 131 Å². The summed E-state index contributed by atoms with van der Waals surface area (Å²) < 4.78 is 14.4. The van der Waals surface area contributed by atoms with Gasteiger partial charge in [-0.25, -0.2) is 9.59 Å².